The maximum atomic E-state index is 5.90. The van der Waals surface area contributed by atoms with E-state index in [9.17, 15) is 0 Å². The van der Waals surface area contributed by atoms with Gasteiger partial charge in [-0.2, -0.15) is 4.98 Å². The third-order valence-corrected chi connectivity index (χ3v) is 3.93. The molecule has 1 saturated carbocycles. The van der Waals surface area contributed by atoms with Gasteiger partial charge in [0, 0.05) is 6.54 Å². The molecule has 0 atom stereocenters. The number of anilines is 2. The van der Waals surface area contributed by atoms with Gasteiger partial charge >= 0.3 is 0 Å². The molecule has 0 saturated heterocycles. The largest absolute Gasteiger partial charge is 0.476 e. The summed E-state index contributed by atoms with van der Waals surface area (Å²) < 4.78 is 5.69. The normalized spacial score (nSPS) is 17.9. The van der Waals surface area contributed by atoms with Gasteiger partial charge in [0.15, 0.2) is 0 Å². The first-order chi connectivity index (χ1) is 9.81. The van der Waals surface area contributed by atoms with Crippen LogP contribution in [-0.2, 0) is 0 Å². The number of nitrogens with two attached hydrogens (primary N) is 1. The molecule has 3 N–H and O–H groups in total. The molecule has 4 heteroatoms. The molecule has 1 aromatic heterocycles. The lowest BCUT2D eigenvalue weighted by Gasteiger charge is -2.11. The molecule has 1 heterocycles. The summed E-state index contributed by atoms with van der Waals surface area (Å²) in [7, 11) is 0. The van der Waals surface area contributed by atoms with Crippen molar-refractivity contribution >= 4 is 11.5 Å². The Hall–Kier alpha value is -1.71. The Morgan fingerprint density at radius 1 is 1.35 bits per heavy atom. The zero-order valence-corrected chi connectivity index (χ0v) is 11.9. The van der Waals surface area contributed by atoms with E-state index in [1.54, 1.807) is 5.57 Å². The molecule has 3 rings (SSSR count). The maximum Gasteiger partial charge on any atom is 0.239 e. The summed E-state index contributed by atoms with van der Waals surface area (Å²) in [4.78, 5) is 4.46. The number of nitrogens with one attached hydrogen (secondary N) is 1. The van der Waals surface area contributed by atoms with Gasteiger partial charge in [-0.25, -0.2) is 0 Å². The molecule has 0 amide bonds. The number of hydrogen-bond acceptors (Lipinski definition) is 4. The van der Waals surface area contributed by atoms with Crippen LogP contribution in [0.4, 0.5) is 11.5 Å². The van der Waals surface area contributed by atoms with E-state index in [-0.39, 0.29) is 0 Å². The lowest BCUT2D eigenvalue weighted by molar-refractivity contribution is 0.290. The van der Waals surface area contributed by atoms with Crippen molar-refractivity contribution in [1.82, 2.24) is 4.98 Å². The Morgan fingerprint density at radius 2 is 2.25 bits per heavy atom. The van der Waals surface area contributed by atoms with Crippen molar-refractivity contribution < 1.29 is 4.74 Å². The summed E-state index contributed by atoms with van der Waals surface area (Å²) >= 11 is 0. The minimum atomic E-state index is 0.571. The van der Waals surface area contributed by atoms with Crippen LogP contribution >= 0.6 is 0 Å². The van der Waals surface area contributed by atoms with Crippen molar-refractivity contribution in [3.8, 4) is 5.88 Å². The predicted octanol–water partition coefficient (Wildman–Crippen LogP) is 3.36. The molecule has 0 aromatic carbocycles. The van der Waals surface area contributed by atoms with Crippen LogP contribution in [0.5, 0.6) is 5.88 Å². The monoisotopic (exact) mass is 273 g/mol. The van der Waals surface area contributed by atoms with E-state index >= 15 is 0 Å². The van der Waals surface area contributed by atoms with Gasteiger partial charge in [0.1, 0.15) is 5.82 Å². The van der Waals surface area contributed by atoms with Crippen molar-refractivity contribution in [3.05, 3.63) is 23.8 Å². The molecular weight excluding hydrogens is 250 g/mol. The lowest BCUT2D eigenvalue weighted by Crippen LogP contribution is -2.08. The number of pyridine rings is 1. The molecule has 0 unspecified atom stereocenters. The first-order valence-electron chi connectivity index (χ1n) is 7.62. The van der Waals surface area contributed by atoms with Crippen LogP contribution in [0, 0.1) is 5.92 Å². The minimum absolute atomic E-state index is 0.571. The van der Waals surface area contributed by atoms with Gasteiger partial charge in [-0.15, -0.1) is 0 Å². The summed E-state index contributed by atoms with van der Waals surface area (Å²) in [5.41, 5.74) is 8.09. The minimum Gasteiger partial charge on any atom is -0.476 e. The average molecular weight is 273 g/mol. The van der Waals surface area contributed by atoms with Crippen LogP contribution in [0.25, 0.3) is 0 Å². The summed E-state index contributed by atoms with van der Waals surface area (Å²) in [6, 6.07) is 3.79. The quantitative estimate of drug-likeness (QED) is 0.748. The molecule has 0 spiro atoms. The molecule has 4 nitrogen and oxygen atoms in total. The van der Waals surface area contributed by atoms with Crippen LogP contribution in [0.2, 0.25) is 0 Å². The molecule has 108 valence electrons. The number of rotatable bonds is 7. The Bertz CT molecular complexity index is 494. The van der Waals surface area contributed by atoms with E-state index in [1.807, 2.05) is 12.1 Å². The SMILES string of the molecule is Nc1ccc(NCCC2=CCCC2)nc1OCC1CC1. The van der Waals surface area contributed by atoms with Crippen molar-refractivity contribution in [2.24, 2.45) is 5.92 Å². The van der Waals surface area contributed by atoms with Gasteiger partial charge in [0.25, 0.3) is 0 Å². The molecule has 1 aromatic rings. The highest BCUT2D eigenvalue weighted by atomic mass is 16.5. The number of nitrogen functional groups attached to an aromatic ring is 1. The van der Waals surface area contributed by atoms with Crippen LogP contribution in [0.1, 0.15) is 38.5 Å². The van der Waals surface area contributed by atoms with E-state index in [0.717, 1.165) is 25.4 Å². The van der Waals surface area contributed by atoms with Crippen molar-refractivity contribution in [2.45, 2.75) is 38.5 Å². The zero-order valence-electron chi connectivity index (χ0n) is 11.9. The van der Waals surface area contributed by atoms with E-state index in [0.29, 0.717) is 17.5 Å². The van der Waals surface area contributed by atoms with Crippen LogP contribution in [0.3, 0.4) is 0 Å². The number of ether oxygens (including phenoxy) is 1. The van der Waals surface area contributed by atoms with Crippen LogP contribution < -0.4 is 15.8 Å². The van der Waals surface area contributed by atoms with Gasteiger partial charge < -0.3 is 15.8 Å². The van der Waals surface area contributed by atoms with E-state index in [4.69, 9.17) is 10.5 Å². The molecule has 0 bridgehead atoms. The summed E-state index contributed by atoms with van der Waals surface area (Å²) in [6.07, 6.45) is 9.82. The third-order valence-electron chi connectivity index (χ3n) is 3.93. The topological polar surface area (TPSA) is 60.2 Å². The first-order valence-corrected chi connectivity index (χ1v) is 7.62. The Labute approximate surface area is 120 Å². The lowest BCUT2D eigenvalue weighted by atomic mass is 10.2. The fourth-order valence-corrected chi connectivity index (χ4v) is 2.46. The van der Waals surface area contributed by atoms with E-state index in [2.05, 4.69) is 16.4 Å². The average Bonchev–Trinajstić information content (AvgIpc) is 3.14. The third kappa shape index (κ3) is 3.65. The highest BCUT2D eigenvalue weighted by molar-refractivity contribution is 5.53. The van der Waals surface area contributed by atoms with Crippen molar-refractivity contribution in [3.63, 3.8) is 0 Å². The summed E-state index contributed by atoms with van der Waals surface area (Å²) in [5.74, 6) is 2.13. The number of hydrogen-bond donors (Lipinski definition) is 2. The molecular formula is C16H23N3O. The fraction of sp³-hybridized carbons (Fsp3) is 0.562. The molecule has 1 fully saturated rings. The Balaban J connectivity index is 1.51. The van der Waals surface area contributed by atoms with Gasteiger partial charge in [0.2, 0.25) is 5.88 Å². The van der Waals surface area contributed by atoms with Gasteiger partial charge in [-0.05, 0) is 56.6 Å². The van der Waals surface area contributed by atoms with Gasteiger partial charge in [-0.1, -0.05) is 11.6 Å². The number of allylic oxidation sites excluding steroid dienone is 1. The second kappa shape index (κ2) is 6.16. The van der Waals surface area contributed by atoms with E-state index in [1.165, 1.54) is 32.1 Å². The second-order valence-corrected chi connectivity index (χ2v) is 5.78. The Kier molecular flexibility index (Phi) is 4.09. The number of nitrogens with zero attached hydrogens (tertiary/aromatic N) is 1. The molecule has 2 aliphatic carbocycles. The first kappa shape index (κ1) is 13.3. The Morgan fingerprint density at radius 3 is 3.00 bits per heavy atom. The summed E-state index contributed by atoms with van der Waals surface area (Å²) in [6.45, 7) is 1.67. The van der Waals surface area contributed by atoms with Gasteiger partial charge in [0.05, 0.1) is 12.3 Å². The fourth-order valence-electron chi connectivity index (χ4n) is 2.46. The van der Waals surface area contributed by atoms with E-state index < -0.39 is 0 Å². The maximum absolute atomic E-state index is 5.90. The summed E-state index contributed by atoms with van der Waals surface area (Å²) in [5, 5.41) is 3.35. The second-order valence-electron chi connectivity index (χ2n) is 5.78. The molecule has 0 aliphatic heterocycles. The highest BCUT2D eigenvalue weighted by Gasteiger charge is 2.22. The standard InChI is InChI=1S/C16H23N3O/c17-14-7-8-15(18-10-9-12-3-1-2-4-12)19-16(14)20-11-13-5-6-13/h3,7-8,13H,1-2,4-6,9-11,17H2,(H,18,19). The molecule has 2 aliphatic rings. The van der Waals surface area contributed by atoms with Gasteiger partial charge in [-0.3, -0.25) is 0 Å². The predicted molar refractivity (Wildman–Crippen MR) is 81.9 cm³/mol. The van der Waals surface area contributed by atoms with Crippen molar-refractivity contribution in [2.75, 3.05) is 24.2 Å². The zero-order chi connectivity index (χ0) is 13.8. The van der Waals surface area contributed by atoms with Crippen molar-refractivity contribution in [1.29, 1.82) is 0 Å². The number of aromatic nitrogens is 1. The molecule has 0 radical (unpaired) electrons. The van der Waals surface area contributed by atoms with Crippen LogP contribution in [0.15, 0.2) is 23.8 Å². The smallest absolute Gasteiger partial charge is 0.239 e. The molecule has 20 heavy (non-hydrogen) atoms. The van der Waals surface area contributed by atoms with Crippen LogP contribution in [-0.4, -0.2) is 18.1 Å². The highest BCUT2D eigenvalue weighted by Crippen LogP contribution is 2.30.